The van der Waals surface area contributed by atoms with Gasteiger partial charge in [-0.2, -0.15) is 0 Å². The number of anilines is 1. The fourth-order valence-corrected chi connectivity index (χ4v) is 4.03. The fourth-order valence-electron chi connectivity index (χ4n) is 4.03. The van der Waals surface area contributed by atoms with Gasteiger partial charge in [-0.3, -0.25) is 9.59 Å². The number of fused-ring (bicyclic) bond motifs is 1. The molecule has 0 saturated carbocycles. The molecule has 120 valence electrons. The van der Waals surface area contributed by atoms with Crippen LogP contribution in [0.1, 0.15) is 12.5 Å². The van der Waals surface area contributed by atoms with Crippen molar-refractivity contribution < 1.29 is 19.1 Å². The molecule has 0 N–H and O–H groups in total. The number of hydrogen-bond donors (Lipinski definition) is 0. The van der Waals surface area contributed by atoms with Gasteiger partial charge in [0.25, 0.3) is 0 Å². The van der Waals surface area contributed by atoms with Crippen LogP contribution < -0.4 is 4.90 Å². The van der Waals surface area contributed by atoms with Crippen molar-refractivity contribution in [3.8, 4) is 0 Å². The van der Waals surface area contributed by atoms with E-state index in [1.807, 2.05) is 36.4 Å². The number of aryl methyl sites for hydroxylation is 1. The molecule has 3 aliphatic rings. The minimum absolute atomic E-state index is 0.0588. The van der Waals surface area contributed by atoms with Crippen LogP contribution in [-0.2, 0) is 25.5 Å². The van der Waals surface area contributed by atoms with Crippen molar-refractivity contribution in [1.82, 2.24) is 0 Å². The first kappa shape index (κ1) is 14.5. The van der Waals surface area contributed by atoms with Gasteiger partial charge in [0.05, 0.1) is 25.7 Å². The molecule has 1 aromatic carbocycles. The molecule has 0 aliphatic carbocycles. The summed E-state index contributed by atoms with van der Waals surface area (Å²) in [5.41, 5.74) is 1.38. The number of carbonyl (C=O) groups is 2. The molecule has 1 spiro atoms. The predicted octanol–water partition coefficient (Wildman–Crippen LogP) is 1.71. The van der Waals surface area contributed by atoms with Gasteiger partial charge in [0, 0.05) is 5.69 Å². The molecular weight excluding hydrogens is 294 g/mol. The van der Waals surface area contributed by atoms with Crippen LogP contribution in [0.4, 0.5) is 5.69 Å². The Bertz CT molecular complexity index is 695. The van der Waals surface area contributed by atoms with E-state index in [0.29, 0.717) is 6.54 Å². The molecule has 2 fully saturated rings. The summed E-state index contributed by atoms with van der Waals surface area (Å²) < 4.78 is 10.9. The van der Waals surface area contributed by atoms with Gasteiger partial charge in [0.2, 0.25) is 5.91 Å². The third-order valence-electron chi connectivity index (χ3n) is 5.23. The van der Waals surface area contributed by atoms with Crippen LogP contribution in [0.25, 0.3) is 0 Å². The Morgan fingerprint density at radius 1 is 1.39 bits per heavy atom. The molecule has 23 heavy (non-hydrogen) atoms. The maximum absolute atomic E-state index is 13.0. The van der Waals surface area contributed by atoms with Crippen LogP contribution in [0.15, 0.2) is 36.4 Å². The number of rotatable bonds is 3. The van der Waals surface area contributed by atoms with E-state index in [9.17, 15) is 9.59 Å². The first-order valence-corrected chi connectivity index (χ1v) is 7.95. The average Bonchev–Trinajstić information content (AvgIpc) is 3.22. The highest BCUT2D eigenvalue weighted by Crippen LogP contribution is 2.52. The maximum atomic E-state index is 13.0. The van der Waals surface area contributed by atoms with Crippen LogP contribution in [0.3, 0.4) is 0 Å². The molecule has 4 rings (SSSR count). The van der Waals surface area contributed by atoms with Crippen LogP contribution in [0, 0.1) is 11.8 Å². The fraction of sp³-hybridized carbons (Fsp3) is 0.444. The van der Waals surface area contributed by atoms with Gasteiger partial charge in [0.15, 0.2) is 0 Å². The molecule has 2 bridgehead atoms. The van der Waals surface area contributed by atoms with Gasteiger partial charge in [0.1, 0.15) is 11.5 Å². The maximum Gasteiger partial charge on any atom is 0.312 e. The van der Waals surface area contributed by atoms with Gasteiger partial charge < -0.3 is 14.4 Å². The summed E-state index contributed by atoms with van der Waals surface area (Å²) in [5.74, 6) is -1.47. The van der Waals surface area contributed by atoms with Crippen molar-refractivity contribution >= 4 is 17.6 Å². The van der Waals surface area contributed by atoms with Crippen LogP contribution >= 0.6 is 0 Å². The predicted molar refractivity (Wildman–Crippen MR) is 83.9 cm³/mol. The molecule has 0 aromatic heterocycles. The Morgan fingerprint density at radius 2 is 2.13 bits per heavy atom. The average molecular weight is 313 g/mol. The van der Waals surface area contributed by atoms with E-state index in [1.165, 1.54) is 12.7 Å². The number of nitrogens with zero attached hydrogens (tertiary/aromatic N) is 1. The minimum atomic E-state index is -0.690. The number of esters is 1. The number of amides is 1. The highest BCUT2D eigenvalue weighted by atomic mass is 16.5. The molecule has 3 heterocycles. The summed E-state index contributed by atoms with van der Waals surface area (Å²) in [4.78, 5) is 26.8. The number of benzene rings is 1. The molecule has 2 saturated heterocycles. The topological polar surface area (TPSA) is 55.8 Å². The summed E-state index contributed by atoms with van der Waals surface area (Å²) in [5, 5.41) is 0. The van der Waals surface area contributed by atoms with E-state index in [4.69, 9.17) is 9.47 Å². The van der Waals surface area contributed by atoms with E-state index < -0.39 is 17.4 Å². The number of hydrogen-bond acceptors (Lipinski definition) is 4. The molecule has 4 atom stereocenters. The summed E-state index contributed by atoms with van der Waals surface area (Å²) in [7, 11) is 1.35. The number of methoxy groups -OCH3 is 1. The first-order chi connectivity index (χ1) is 11.1. The second kappa shape index (κ2) is 4.93. The van der Waals surface area contributed by atoms with E-state index >= 15 is 0 Å². The minimum Gasteiger partial charge on any atom is -0.469 e. The largest absolute Gasteiger partial charge is 0.469 e. The number of carbonyl (C=O) groups excluding carboxylic acids is 2. The van der Waals surface area contributed by atoms with Crippen LogP contribution in [0.2, 0.25) is 0 Å². The van der Waals surface area contributed by atoms with E-state index in [-0.39, 0.29) is 18.0 Å². The molecular formula is C18H19NO4. The monoisotopic (exact) mass is 313 g/mol. The van der Waals surface area contributed by atoms with Gasteiger partial charge in [-0.05, 0) is 24.1 Å². The second-order valence-electron chi connectivity index (χ2n) is 6.37. The summed E-state index contributed by atoms with van der Waals surface area (Å²) in [6.07, 6.45) is 4.44. The Morgan fingerprint density at radius 3 is 2.78 bits per heavy atom. The van der Waals surface area contributed by atoms with E-state index in [0.717, 1.165) is 12.1 Å². The van der Waals surface area contributed by atoms with E-state index in [2.05, 4.69) is 6.92 Å². The van der Waals surface area contributed by atoms with Crippen molar-refractivity contribution in [2.45, 2.75) is 25.0 Å². The van der Waals surface area contributed by atoms with Gasteiger partial charge >= 0.3 is 5.97 Å². The lowest BCUT2D eigenvalue weighted by molar-refractivity contribution is -0.149. The van der Waals surface area contributed by atoms with Crippen LogP contribution in [-0.4, -0.2) is 37.2 Å². The SMILES string of the molecule is CCc1ccc(N2C[C@@]34C=C[C@H](O3)[C@H](C(=O)OC)[C@@H]4C2=O)cc1. The first-order valence-electron chi connectivity index (χ1n) is 7.95. The highest BCUT2D eigenvalue weighted by molar-refractivity contribution is 6.02. The smallest absolute Gasteiger partial charge is 0.312 e. The normalized spacial score (nSPS) is 34.1. The molecule has 5 heteroatoms. The van der Waals surface area contributed by atoms with Gasteiger partial charge in [-0.15, -0.1) is 0 Å². The summed E-state index contributed by atoms with van der Waals surface area (Å²) >= 11 is 0. The van der Waals surface area contributed by atoms with Crippen molar-refractivity contribution in [3.05, 3.63) is 42.0 Å². The van der Waals surface area contributed by atoms with Crippen molar-refractivity contribution in [2.24, 2.45) is 11.8 Å². The Balaban J connectivity index is 1.68. The zero-order valence-electron chi connectivity index (χ0n) is 13.2. The summed E-state index contributed by atoms with van der Waals surface area (Å²) in [6, 6.07) is 7.97. The molecule has 0 radical (unpaired) electrons. The molecule has 3 aliphatic heterocycles. The lowest BCUT2D eigenvalue weighted by atomic mass is 9.77. The Kier molecular flexibility index (Phi) is 3.10. The lowest BCUT2D eigenvalue weighted by Crippen LogP contribution is -2.39. The third-order valence-corrected chi connectivity index (χ3v) is 5.23. The molecule has 0 unspecified atom stereocenters. The van der Waals surface area contributed by atoms with Crippen molar-refractivity contribution in [3.63, 3.8) is 0 Å². The highest BCUT2D eigenvalue weighted by Gasteiger charge is 2.67. The molecule has 1 amide bonds. The Labute approximate surface area is 134 Å². The van der Waals surface area contributed by atoms with Crippen molar-refractivity contribution in [2.75, 3.05) is 18.6 Å². The number of ether oxygens (including phenoxy) is 2. The van der Waals surface area contributed by atoms with Gasteiger partial charge in [-0.1, -0.05) is 31.2 Å². The summed E-state index contributed by atoms with van der Waals surface area (Å²) in [6.45, 7) is 2.54. The molecule has 5 nitrogen and oxygen atoms in total. The third kappa shape index (κ3) is 1.89. The second-order valence-corrected chi connectivity index (χ2v) is 6.37. The van der Waals surface area contributed by atoms with Gasteiger partial charge in [-0.25, -0.2) is 0 Å². The quantitative estimate of drug-likeness (QED) is 0.630. The van der Waals surface area contributed by atoms with Crippen molar-refractivity contribution in [1.29, 1.82) is 0 Å². The van der Waals surface area contributed by atoms with E-state index in [1.54, 1.807) is 4.90 Å². The van der Waals surface area contributed by atoms with Crippen LogP contribution in [0.5, 0.6) is 0 Å². The Hall–Kier alpha value is -2.14. The zero-order chi connectivity index (χ0) is 16.2. The molecule has 1 aromatic rings. The standard InChI is InChI=1S/C18H19NO4/c1-3-11-4-6-12(7-5-11)19-10-18-9-8-13(23-18)14(17(21)22-2)15(18)16(19)20/h4-9,13-15H,3,10H2,1-2H3/t13-,14-,15+,18+/m0/s1. The lowest BCUT2D eigenvalue weighted by Gasteiger charge is -2.22. The zero-order valence-corrected chi connectivity index (χ0v) is 13.2.